The highest BCUT2D eigenvalue weighted by Crippen LogP contribution is 2.32. The SMILES string of the molecule is CCNc1ccc([N+](=O)[O-])cc1CSc1nnc(SC)s1. The van der Waals surface area contributed by atoms with Crippen molar-refractivity contribution in [2.24, 2.45) is 0 Å². The van der Waals surface area contributed by atoms with Crippen molar-refractivity contribution in [1.29, 1.82) is 0 Å². The van der Waals surface area contributed by atoms with Crippen LogP contribution in [0.3, 0.4) is 0 Å². The van der Waals surface area contributed by atoms with E-state index in [1.165, 1.54) is 29.2 Å². The van der Waals surface area contributed by atoms with Gasteiger partial charge in [-0.2, -0.15) is 0 Å². The number of anilines is 1. The molecule has 21 heavy (non-hydrogen) atoms. The van der Waals surface area contributed by atoms with E-state index in [9.17, 15) is 10.1 Å². The second-order valence-electron chi connectivity index (χ2n) is 3.96. The van der Waals surface area contributed by atoms with Crippen LogP contribution < -0.4 is 5.32 Å². The summed E-state index contributed by atoms with van der Waals surface area (Å²) in [4.78, 5) is 10.5. The van der Waals surface area contributed by atoms with Gasteiger partial charge >= 0.3 is 0 Å². The van der Waals surface area contributed by atoms with Gasteiger partial charge in [0.1, 0.15) is 0 Å². The molecule has 112 valence electrons. The van der Waals surface area contributed by atoms with Crippen molar-refractivity contribution in [3.8, 4) is 0 Å². The number of thioether (sulfide) groups is 2. The fourth-order valence-corrected chi connectivity index (χ4v) is 4.08. The van der Waals surface area contributed by atoms with Crippen molar-refractivity contribution in [3.63, 3.8) is 0 Å². The summed E-state index contributed by atoms with van der Waals surface area (Å²) in [6.45, 7) is 2.76. The van der Waals surface area contributed by atoms with Gasteiger partial charge in [-0.3, -0.25) is 10.1 Å². The summed E-state index contributed by atoms with van der Waals surface area (Å²) in [5.41, 5.74) is 1.93. The van der Waals surface area contributed by atoms with Crippen LogP contribution in [0.15, 0.2) is 26.9 Å². The lowest BCUT2D eigenvalue weighted by atomic mass is 10.2. The summed E-state index contributed by atoms with van der Waals surface area (Å²) >= 11 is 4.63. The van der Waals surface area contributed by atoms with E-state index in [0.717, 1.165) is 26.5 Å². The fraction of sp³-hybridized carbons (Fsp3) is 0.333. The van der Waals surface area contributed by atoms with Crippen LogP contribution in [0.25, 0.3) is 0 Å². The monoisotopic (exact) mass is 342 g/mol. The maximum Gasteiger partial charge on any atom is 0.269 e. The molecule has 1 aromatic heterocycles. The van der Waals surface area contributed by atoms with Crippen molar-refractivity contribution < 1.29 is 4.92 Å². The van der Waals surface area contributed by atoms with E-state index < -0.39 is 0 Å². The number of benzene rings is 1. The second kappa shape index (κ2) is 7.62. The van der Waals surface area contributed by atoms with Crippen molar-refractivity contribution in [2.45, 2.75) is 21.4 Å². The number of nitro benzene ring substituents is 1. The van der Waals surface area contributed by atoms with Gasteiger partial charge in [-0.15, -0.1) is 10.2 Å². The van der Waals surface area contributed by atoms with Crippen LogP contribution in [0.5, 0.6) is 0 Å². The lowest BCUT2D eigenvalue weighted by Crippen LogP contribution is -2.01. The first kappa shape index (κ1) is 16.1. The number of aromatic nitrogens is 2. The predicted molar refractivity (Wildman–Crippen MR) is 88.5 cm³/mol. The lowest BCUT2D eigenvalue weighted by Gasteiger charge is -2.09. The Hall–Kier alpha value is -1.32. The molecule has 2 rings (SSSR count). The van der Waals surface area contributed by atoms with Gasteiger partial charge in [0, 0.05) is 30.1 Å². The van der Waals surface area contributed by atoms with E-state index >= 15 is 0 Å². The Bertz CT molecular complexity index is 633. The standard InChI is InChI=1S/C12H14N4O2S3/c1-3-13-10-5-4-9(16(17)18)6-8(10)7-20-12-15-14-11(19-2)21-12/h4-6,13H,3,7H2,1-2H3. The predicted octanol–water partition coefficient (Wildman–Crippen LogP) is 3.89. The van der Waals surface area contributed by atoms with Crippen molar-refractivity contribution >= 4 is 46.2 Å². The van der Waals surface area contributed by atoms with Crippen LogP contribution in [0.1, 0.15) is 12.5 Å². The molecule has 1 N–H and O–H groups in total. The first-order valence-electron chi connectivity index (χ1n) is 6.15. The van der Waals surface area contributed by atoms with Crippen LogP contribution in [-0.2, 0) is 5.75 Å². The number of nitrogens with zero attached hydrogens (tertiary/aromatic N) is 3. The minimum Gasteiger partial charge on any atom is -0.385 e. The zero-order chi connectivity index (χ0) is 15.2. The quantitative estimate of drug-likeness (QED) is 0.464. The van der Waals surface area contributed by atoms with E-state index in [0.29, 0.717) is 5.75 Å². The van der Waals surface area contributed by atoms with Crippen LogP contribution in [0, 0.1) is 10.1 Å². The topological polar surface area (TPSA) is 81.0 Å². The van der Waals surface area contributed by atoms with Gasteiger partial charge in [-0.1, -0.05) is 34.9 Å². The van der Waals surface area contributed by atoms with Crippen LogP contribution in [0.4, 0.5) is 11.4 Å². The largest absolute Gasteiger partial charge is 0.385 e. The average Bonchev–Trinajstić information content (AvgIpc) is 2.94. The Kier molecular flexibility index (Phi) is 5.83. The van der Waals surface area contributed by atoms with E-state index in [4.69, 9.17) is 0 Å². The average molecular weight is 342 g/mol. The molecule has 9 heteroatoms. The molecule has 2 aromatic rings. The number of hydrogen-bond acceptors (Lipinski definition) is 8. The highest BCUT2D eigenvalue weighted by molar-refractivity contribution is 8.02. The number of nitrogens with one attached hydrogen (secondary N) is 1. The molecule has 0 amide bonds. The minimum atomic E-state index is -0.374. The third-order valence-electron chi connectivity index (χ3n) is 2.58. The third-order valence-corrected chi connectivity index (χ3v) is 5.66. The summed E-state index contributed by atoms with van der Waals surface area (Å²) in [7, 11) is 0. The van der Waals surface area contributed by atoms with E-state index in [1.807, 2.05) is 13.2 Å². The smallest absolute Gasteiger partial charge is 0.269 e. The molecule has 0 aliphatic heterocycles. The molecule has 0 aliphatic rings. The van der Waals surface area contributed by atoms with E-state index in [2.05, 4.69) is 15.5 Å². The third kappa shape index (κ3) is 4.32. The Morgan fingerprint density at radius 1 is 1.38 bits per heavy atom. The minimum absolute atomic E-state index is 0.106. The maximum atomic E-state index is 10.9. The van der Waals surface area contributed by atoms with Gasteiger partial charge in [-0.05, 0) is 24.8 Å². The Balaban J connectivity index is 2.15. The van der Waals surface area contributed by atoms with Crippen molar-refractivity contribution in [3.05, 3.63) is 33.9 Å². The van der Waals surface area contributed by atoms with Crippen LogP contribution in [0.2, 0.25) is 0 Å². The summed E-state index contributed by atoms with van der Waals surface area (Å²) in [6.07, 6.45) is 1.96. The molecule has 0 radical (unpaired) electrons. The molecular formula is C12H14N4O2S3. The van der Waals surface area contributed by atoms with Gasteiger partial charge in [0.05, 0.1) is 4.92 Å². The van der Waals surface area contributed by atoms with Gasteiger partial charge in [0.15, 0.2) is 8.68 Å². The molecule has 0 bridgehead atoms. The lowest BCUT2D eigenvalue weighted by molar-refractivity contribution is -0.384. The molecule has 6 nitrogen and oxygen atoms in total. The number of rotatable bonds is 7. The highest BCUT2D eigenvalue weighted by Gasteiger charge is 2.12. The molecule has 1 aromatic carbocycles. The first-order valence-corrected chi connectivity index (χ1v) is 9.18. The summed E-state index contributed by atoms with van der Waals surface area (Å²) in [5.74, 6) is 0.618. The van der Waals surface area contributed by atoms with Crippen molar-refractivity contribution in [1.82, 2.24) is 10.2 Å². The van der Waals surface area contributed by atoms with Crippen LogP contribution in [-0.4, -0.2) is 27.9 Å². The molecule has 0 aliphatic carbocycles. The molecule has 0 saturated heterocycles. The molecule has 0 spiro atoms. The van der Waals surface area contributed by atoms with E-state index in [-0.39, 0.29) is 10.6 Å². The summed E-state index contributed by atoms with van der Waals surface area (Å²) in [5, 5.41) is 22.2. The molecule has 0 atom stereocenters. The number of non-ortho nitro benzene ring substituents is 1. The van der Waals surface area contributed by atoms with Gasteiger partial charge in [0.25, 0.3) is 5.69 Å². The molecular weight excluding hydrogens is 328 g/mol. The normalized spacial score (nSPS) is 10.6. The molecule has 0 fully saturated rings. The van der Waals surface area contributed by atoms with Gasteiger partial charge in [0.2, 0.25) is 0 Å². The van der Waals surface area contributed by atoms with Gasteiger partial charge in [-0.25, -0.2) is 0 Å². The Morgan fingerprint density at radius 3 is 2.76 bits per heavy atom. The number of hydrogen-bond donors (Lipinski definition) is 1. The van der Waals surface area contributed by atoms with Crippen molar-refractivity contribution in [2.75, 3.05) is 18.1 Å². The zero-order valence-electron chi connectivity index (χ0n) is 11.5. The summed E-state index contributed by atoms with van der Waals surface area (Å²) < 4.78 is 1.79. The zero-order valence-corrected chi connectivity index (χ0v) is 14.0. The molecule has 0 unspecified atom stereocenters. The number of nitro groups is 1. The maximum absolute atomic E-state index is 10.9. The fourth-order valence-electron chi connectivity index (χ4n) is 1.65. The molecule has 0 saturated carbocycles. The second-order valence-corrected chi connectivity index (χ2v) is 7.21. The summed E-state index contributed by atoms with van der Waals surface area (Å²) in [6, 6.07) is 4.88. The van der Waals surface area contributed by atoms with E-state index in [1.54, 1.807) is 23.9 Å². The first-order chi connectivity index (χ1) is 10.1. The highest BCUT2D eigenvalue weighted by atomic mass is 32.2. The Morgan fingerprint density at radius 2 is 2.14 bits per heavy atom. The Labute approximate surface area is 134 Å². The molecule has 1 heterocycles. The van der Waals surface area contributed by atoms with Crippen LogP contribution >= 0.6 is 34.9 Å². The van der Waals surface area contributed by atoms with Gasteiger partial charge < -0.3 is 5.32 Å².